The average molecular weight is 346 g/mol. The van der Waals surface area contributed by atoms with Gasteiger partial charge in [-0.15, -0.1) is 0 Å². The minimum Gasteiger partial charge on any atom is -0.322 e. The molecule has 0 aliphatic carbocycles. The zero-order valence-corrected chi connectivity index (χ0v) is 19.0. The van der Waals surface area contributed by atoms with Crippen molar-refractivity contribution in [3.05, 3.63) is 0 Å². The third kappa shape index (κ3) is 5.44. The van der Waals surface area contributed by atoms with Crippen LogP contribution in [0.2, 0.25) is 26.2 Å². The molecule has 0 atom stereocenters. The Morgan fingerprint density at radius 3 is 1.23 bits per heavy atom. The Hall–Kier alpha value is 0.314. The van der Waals surface area contributed by atoms with Gasteiger partial charge >= 0.3 is 0 Å². The third-order valence-electron chi connectivity index (χ3n) is 5.38. The molecule has 0 aliphatic rings. The van der Waals surface area contributed by atoms with Gasteiger partial charge in [0, 0.05) is 0 Å². The second-order valence-corrected chi connectivity index (χ2v) is 16.0. The number of hydrogen-bond donors (Lipinski definition) is 0. The molecule has 0 rings (SSSR count). The lowest BCUT2D eigenvalue weighted by Crippen LogP contribution is -2.74. The molecule has 0 spiro atoms. The highest BCUT2D eigenvalue weighted by atomic mass is 28.4. The van der Waals surface area contributed by atoms with Gasteiger partial charge < -0.3 is 13.4 Å². The first-order valence-corrected chi connectivity index (χ1v) is 15.3. The van der Waals surface area contributed by atoms with E-state index in [0.717, 1.165) is 0 Å². The van der Waals surface area contributed by atoms with Crippen molar-refractivity contribution >= 4 is 16.8 Å². The van der Waals surface area contributed by atoms with Crippen LogP contribution in [0.4, 0.5) is 0 Å². The van der Waals surface area contributed by atoms with Crippen LogP contribution in [0, 0.1) is 0 Å². The van der Waals surface area contributed by atoms with Crippen molar-refractivity contribution in [3.63, 3.8) is 0 Å². The van der Waals surface area contributed by atoms with Crippen LogP contribution in [-0.2, 0) is 0 Å². The molecule has 0 fully saturated rings. The topological polar surface area (TPSA) is 9.72 Å². The smallest absolute Gasteiger partial charge is 0.194 e. The molecule has 5 heteroatoms. The fourth-order valence-electron chi connectivity index (χ4n) is 4.07. The van der Waals surface area contributed by atoms with Gasteiger partial charge in [0.1, 0.15) is 0 Å². The van der Waals surface area contributed by atoms with Gasteiger partial charge in [0.25, 0.3) is 0 Å². The predicted octanol–water partition coefficient (Wildman–Crippen LogP) is 4.57. The lowest BCUT2D eigenvalue weighted by Gasteiger charge is -2.54. The number of rotatable bonds is 12. The van der Waals surface area contributed by atoms with Crippen molar-refractivity contribution in [1.82, 2.24) is 13.4 Å². The number of unbranched alkanes of at least 4 members (excludes halogenated alkanes) is 2. The van der Waals surface area contributed by atoms with E-state index in [-0.39, 0.29) is 0 Å². The van der Waals surface area contributed by atoms with Crippen LogP contribution in [0.1, 0.15) is 53.9 Å². The molecule has 134 valence electrons. The van der Waals surface area contributed by atoms with Gasteiger partial charge in [0.05, 0.1) is 0 Å². The minimum atomic E-state index is -1.56. The van der Waals surface area contributed by atoms with Crippen LogP contribution in [0.5, 0.6) is 0 Å². The normalized spacial score (nSPS) is 13.6. The Morgan fingerprint density at radius 1 is 0.591 bits per heavy atom. The van der Waals surface area contributed by atoms with Crippen molar-refractivity contribution in [2.24, 2.45) is 0 Å². The Labute approximate surface area is 143 Å². The van der Waals surface area contributed by atoms with Crippen molar-refractivity contribution in [2.45, 2.75) is 80.1 Å². The molecule has 0 aromatic carbocycles. The average Bonchev–Trinajstić information content (AvgIpc) is 2.45. The standard InChI is InChI=1S/C17H43N3Si2/c1-10-15-16-17-20(21(6,7)18(11-2)12-3)22(8,9)19(13-4)14-5/h10-17H2,1-9H3. The van der Waals surface area contributed by atoms with Crippen molar-refractivity contribution in [3.8, 4) is 0 Å². The molecule has 0 radical (unpaired) electrons. The van der Waals surface area contributed by atoms with Crippen LogP contribution in [0.25, 0.3) is 0 Å². The predicted molar refractivity (Wildman–Crippen MR) is 107 cm³/mol. The zero-order chi connectivity index (χ0) is 17.4. The molecule has 0 saturated heterocycles. The highest BCUT2D eigenvalue weighted by molar-refractivity contribution is 6.88. The largest absolute Gasteiger partial charge is 0.322 e. The molecule has 0 bridgehead atoms. The summed E-state index contributed by atoms with van der Waals surface area (Å²) in [5.74, 6) is 0. The Kier molecular flexibility index (Phi) is 10.4. The van der Waals surface area contributed by atoms with Gasteiger partial charge in [-0.1, -0.05) is 47.5 Å². The molecule has 0 amide bonds. The van der Waals surface area contributed by atoms with Crippen LogP contribution < -0.4 is 0 Å². The van der Waals surface area contributed by atoms with E-state index in [2.05, 4.69) is 74.2 Å². The molecular weight excluding hydrogens is 302 g/mol. The summed E-state index contributed by atoms with van der Waals surface area (Å²) in [5.41, 5.74) is 0. The van der Waals surface area contributed by atoms with E-state index in [1.54, 1.807) is 0 Å². The van der Waals surface area contributed by atoms with E-state index in [4.69, 9.17) is 0 Å². The summed E-state index contributed by atoms with van der Waals surface area (Å²) >= 11 is 0. The first-order chi connectivity index (χ1) is 10.2. The molecule has 0 unspecified atom stereocenters. The summed E-state index contributed by atoms with van der Waals surface area (Å²) in [6.45, 7) is 27.9. The summed E-state index contributed by atoms with van der Waals surface area (Å²) in [4.78, 5) is 0. The molecule has 3 nitrogen and oxygen atoms in total. The number of hydrogen-bond acceptors (Lipinski definition) is 3. The Bertz CT molecular complexity index is 264. The molecule has 0 aromatic rings. The molecule has 0 saturated carbocycles. The monoisotopic (exact) mass is 345 g/mol. The zero-order valence-electron chi connectivity index (χ0n) is 17.0. The Morgan fingerprint density at radius 2 is 0.955 bits per heavy atom. The van der Waals surface area contributed by atoms with E-state index in [1.807, 2.05) is 0 Å². The van der Waals surface area contributed by atoms with Gasteiger partial charge in [0.15, 0.2) is 16.8 Å². The first kappa shape index (κ1) is 22.3. The van der Waals surface area contributed by atoms with E-state index >= 15 is 0 Å². The lowest BCUT2D eigenvalue weighted by molar-refractivity contribution is 0.365. The van der Waals surface area contributed by atoms with E-state index < -0.39 is 16.8 Å². The summed E-state index contributed by atoms with van der Waals surface area (Å²) in [5, 5.41) is 0. The maximum absolute atomic E-state index is 3.01. The van der Waals surface area contributed by atoms with Crippen LogP contribution in [0.3, 0.4) is 0 Å². The fourth-order valence-corrected chi connectivity index (χ4v) is 15.5. The maximum Gasteiger partial charge on any atom is 0.194 e. The van der Waals surface area contributed by atoms with Gasteiger partial charge in [-0.2, -0.15) is 0 Å². The van der Waals surface area contributed by atoms with Crippen molar-refractivity contribution < 1.29 is 0 Å². The van der Waals surface area contributed by atoms with E-state index in [1.165, 1.54) is 52.0 Å². The highest BCUT2D eigenvalue weighted by Crippen LogP contribution is 2.26. The number of nitrogens with zero attached hydrogens (tertiary/aromatic N) is 3. The minimum absolute atomic E-state index is 1.18. The second kappa shape index (κ2) is 10.2. The maximum atomic E-state index is 3.01. The first-order valence-electron chi connectivity index (χ1n) is 9.51. The third-order valence-corrected chi connectivity index (χ3v) is 16.1. The summed E-state index contributed by atoms with van der Waals surface area (Å²) < 4.78 is 8.53. The van der Waals surface area contributed by atoms with Crippen molar-refractivity contribution in [1.29, 1.82) is 0 Å². The molecular formula is C17H43N3Si2. The summed E-state index contributed by atoms with van der Waals surface area (Å²) in [6.07, 6.45) is 4.03. The summed E-state index contributed by atoms with van der Waals surface area (Å²) in [6, 6.07) is 0. The van der Waals surface area contributed by atoms with Crippen LogP contribution >= 0.6 is 0 Å². The quantitative estimate of drug-likeness (QED) is 0.379. The fraction of sp³-hybridized carbons (Fsp3) is 1.00. The van der Waals surface area contributed by atoms with Crippen LogP contribution in [-0.4, -0.2) is 62.9 Å². The molecule has 0 aromatic heterocycles. The molecule has 0 aliphatic heterocycles. The van der Waals surface area contributed by atoms with E-state index in [0.29, 0.717) is 0 Å². The van der Waals surface area contributed by atoms with E-state index in [9.17, 15) is 0 Å². The van der Waals surface area contributed by atoms with Crippen LogP contribution in [0.15, 0.2) is 0 Å². The highest BCUT2D eigenvalue weighted by Gasteiger charge is 2.46. The summed E-state index contributed by atoms with van der Waals surface area (Å²) in [7, 11) is -3.11. The molecule has 0 N–H and O–H groups in total. The van der Waals surface area contributed by atoms with Crippen molar-refractivity contribution in [2.75, 3.05) is 32.7 Å². The Balaban J connectivity index is 5.50. The lowest BCUT2D eigenvalue weighted by atomic mass is 10.3. The van der Waals surface area contributed by atoms with Gasteiger partial charge in [-0.3, -0.25) is 0 Å². The SMILES string of the molecule is CCCCCN([Si](C)(C)N(CC)CC)[Si](C)(C)N(CC)CC. The van der Waals surface area contributed by atoms with Gasteiger partial charge in [0.2, 0.25) is 0 Å². The second-order valence-electron chi connectivity index (χ2n) is 7.19. The molecule has 0 heterocycles. The van der Waals surface area contributed by atoms with Gasteiger partial charge in [-0.05, 0) is 65.3 Å². The molecule has 22 heavy (non-hydrogen) atoms. The van der Waals surface area contributed by atoms with Gasteiger partial charge in [-0.25, -0.2) is 0 Å².